The minimum atomic E-state index is -3.79. The van der Waals surface area contributed by atoms with Gasteiger partial charge in [-0.2, -0.15) is 12.8 Å². The first-order valence-corrected chi connectivity index (χ1v) is 8.67. The fraction of sp³-hybridized carbons (Fsp3) is 0.312. The highest BCUT2D eigenvalue weighted by Gasteiger charge is 2.16. The van der Waals surface area contributed by atoms with Gasteiger partial charge in [0.1, 0.15) is 5.82 Å². The minimum Gasteiger partial charge on any atom is -0.354 e. The van der Waals surface area contributed by atoms with Crippen LogP contribution in [-0.4, -0.2) is 33.1 Å². The molecule has 7 heteroatoms. The van der Waals surface area contributed by atoms with Crippen molar-refractivity contribution in [2.45, 2.75) is 18.7 Å². The molecule has 1 aromatic heterocycles. The van der Waals surface area contributed by atoms with Crippen LogP contribution in [-0.2, 0) is 14.3 Å². The number of anilines is 1. The monoisotopic (exact) mass is 338 g/mol. The SMILES string of the molecule is CCN(CCOS(=O)(=O)c1ccc(C)cc1)c1cccc(F)n1. The van der Waals surface area contributed by atoms with Crippen molar-refractivity contribution in [1.29, 1.82) is 0 Å². The maximum absolute atomic E-state index is 13.2. The molecule has 0 N–H and O–H groups in total. The lowest BCUT2D eigenvalue weighted by Gasteiger charge is -2.21. The molecule has 5 nitrogen and oxygen atoms in total. The summed E-state index contributed by atoms with van der Waals surface area (Å²) < 4.78 is 42.4. The van der Waals surface area contributed by atoms with E-state index in [-0.39, 0.29) is 18.0 Å². The van der Waals surface area contributed by atoms with Gasteiger partial charge in [0.25, 0.3) is 10.1 Å². The summed E-state index contributed by atoms with van der Waals surface area (Å²) in [6.45, 7) is 4.56. The van der Waals surface area contributed by atoms with Gasteiger partial charge >= 0.3 is 0 Å². The van der Waals surface area contributed by atoms with Crippen molar-refractivity contribution in [2.24, 2.45) is 0 Å². The molecule has 0 fully saturated rings. The second-order valence-corrected chi connectivity index (χ2v) is 6.60. The highest BCUT2D eigenvalue weighted by Crippen LogP contribution is 2.14. The fourth-order valence-corrected chi connectivity index (χ4v) is 2.94. The molecule has 0 spiro atoms. The summed E-state index contributed by atoms with van der Waals surface area (Å²) in [5.74, 6) is -0.127. The van der Waals surface area contributed by atoms with E-state index in [1.165, 1.54) is 18.2 Å². The van der Waals surface area contributed by atoms with E-state index in [1.54, 1.807) is 29.2 Å². The van der Waals surface area contributed by atoms with Crippen LogP contribution in [0.2, 0.25) is 0 Å². The molecule has 1 aromatic carbocycles. The quantitative estimate of drug-likeness (QED) is 0.574. The Labute approximate surface area is 135 Å². The van der Waals surface area contributed by atoms with Crippen molar-refractivity contribution in [2.75, 3.05) is 24.6 Å². The molecule has 124 valence electrons. The smallest absolute Gasteiger partial charge is 0.297 e. The van der Waals surface area contributed by atoms with E-state index in [9.17, 15) is 12.8 Å². The minimum absolute atomic E-state index is 0.0394. The molecule has 0 amide bonds. The average Bonchev–Trinajstić information content (AvgIpc) is 2.52. The Morgan fingerprint density at radius 3 is 2.48 bits per heavy atom. The number of likely N-dealkylation sites (N-methyl/N-ethyl adjacent to an activating group) is 1. The zero-order valence-electron chi connectivity index (χ0n) is 13.1. The summed E-state index contributed by atoms with van der Waals surface area (Å²) in [4.78, 5) is 5.65. The van der Waals surface area contributed by atoms with Crippen molar-refractivity contribution in [3.8, 4) is 0 Å². The second kappa shape index (κ2) is 7.52. The Morgan fingerprint density at radius 1 is 1.17 bits per heavy atom. The van der Waals surface area contributed by atoms with Crippen LogP contribution in [0.4, 0.5) is 10.2 Å². The summed E-state index contributed by atoms with van der Waals surface area (Å²) >= 11 is 0. The van der Waals surface area contributed by atoms with E-state index in [2.05, 4.69) is 4.98 Å². The van der Waals surface area contributed by atoms with Crippen LogP contribution < -0.4 is 4.90 Å². The maximum Gasteiger partial charge on any atom is 0.297 e. The van der Waals surface area contributed by atoms with E-state index in [1.807, 2.05) is 13.8 Å². The Hall–Kier alpha value is -1.99. The van der Waals surface area contributed by atoms with Gasteiger partial charge in [-0.3, -0.25) is 4.18 Å². The van der Waals surface area contributed by atoms with Gasteiger partial charge in [-0.05, 0) is 38.1 Å². The van der Waals surface area contributed by atoms with Gasteiger partial charge in [-0.25, -0.2) is 4.98 Å². The van der Waals surface area contributed by atoms with Crippen LogP contribution in [0.1, 0.15) is 12.5 Å². The third kappa shape index (κ3) is 4.74. The molecule has 0 saturated carbocycles. The molecule has 0 aliphatic rings. The molecular weight excluding hydrogens is 319 g/mol. The molecule has 2 rings (SSSR count). The molecular formula is C16H19FN2O3S. The van der Waals surface area contributed by atoms with Crippen molar-refractivity contribution in [1.82, 2.24) is 4.98 Å². The molecule has 2 aromatic rings. The lowest BCUT2D eigenvalue weighted by molar-refractivity contribution is 0.323. The van der Waals surface area contributed by atoms with Crippen molar-refractivity contribution in [3.05, 3.63) is 54.0 Å². The molecule has 0 bridgehead atoms. The number of pyridine rings is 1. The van der Waals surface area contributed by atoms with Gasteiger partial charge in [-0.15, -0.1) is 0 Å². The zero-order chi connectivity index (χ0) is 16.9. The number of hydrogen-bond acceptors (Lipinski definition) is 5. The number of aromatic nitrogens is 1. The predicted molar refractivity (Wildman–Crippen MR) is 86.4 cm³/mol. The molecule has 0 radical (unpaired) electrons. The highest BCUT2D eigenvalue weighted by molar-refractivity contribution is 7.86. The Bertz CT molecular complexity index is 748. The normalized spacial score (nSPS) is 11.4. The Morgan fingerprint density at radius 2 is 1.87 bits per heavy atom. The van der Waals surface area contributed by atoms with Crippen LogP contribution in [0, 0.1) is 12.9 Å². The van der Waals surface area contributed by atoms with E-state index in [0.29, 0.717) is 12.4 Å². The summed E-state index contributed by atoms with van der Waals surface area (Å²) in [5.41, 5.74) is 0.971. The van der Waals surface area contributed by atoms with Gasteiger partial charge in [0.05, 0.1) is 11.5 Å². The van der Waals surface area contributed by atoms with Crippen LogP contribution in [0.25, 0.3) is 0 Å². The van der Waals surface area contributed by atoms with E-state index in [0.717, 1.165) is 5.56 Å². The lowest BCUT2D eigenvalue weighted by Crippen LogP contribution is -2.29. The topological polar surface area (TPSA) is 59.5 Å². The first-order valence-electron chi connectivity index (χ1n) is 7.26. The largest absolute Gasteiger partial charge is 0.354 e. The average molecular weight is 338 g/mol. The molecule has 0 saturated heterocycles. The van der Waals surface area contributed by atoms with Gasteiger partial charge < -0.3 is 4.90 Å². The molecule has 0 unspecified atom stereocenters. The first-order chi connectivity index (χ1) is 10.9. The molecule has 1 heterocycles. The summed E-state index contributed by atoms with van der Waals surface area (Å²) in [6, 6.07) is 10.9. The second-order valence-electron chi connectivity index (χ2n) is 4.99. The number of hydrogen-bond donors (Lipinski definition) is 0. The highest BCUT2D eigenvalue weighted by atomic mass is 32.2. The summed E-state index contributed by atoms with van der Waals surface area (Å²) in [5, 5.41) is 0. The number of halogens is 1. The van der Waals surface area contributed by atoms with Gasteiger partial charge in [0.15, 0.2) is 0 Å². The number of aryl methyl sites for hydroxylation is 1. The summed E-state index contributed by atoms with van der Waals surface area (Å²) in [6.07, 6.45) is 0. The van der Waals surface area contributed by atoms with Gasteiger partial charge in [0, 0.05) is 13.1 Å². The first kappa shape index (κ1) is 17.4. The standard InChI is InChI=1S/C16H19FN2O3S/c1-3-19(16-6-4-5-15(17)18-16)11-12-22-23(20,21)14-9-7-13(2)8-10-14/h4-10H,3,11-12H2,1-2H3. The maximum atomic E-state index is 13.2. The molecule has 23 heavy (non-hydrogen) atoms. The fourth-order valence-electron chi connectivity index (χ4n) is 2.04. The number of benzene rings is 1. The molecule has 0 aliphatic heterocycles. The Kier molecular flexibility index (Phi) is 5.68. The summed E-state index contributed by atoms with van der Waals surface area (Å²) in [7, 11) is -3.79. The Balaban J connectivity index is 1.98. The van der Waals surface area contributed by atoms with Crippen LogP contribution in [0.5, 0.6) is 0 Å². The van der Waals surface area contributed by atoms with E-state index >= 15 is 0 Å². The van der Waals surface area contributed by atoms with Crippen molar-refractivity contribution < 1.29 is 17.0 Å². The third-order valence-corrected chi connectivity index (χ3v) is 4.64. The number of nitrogens with zero attached hydrogens (tertiary/aromatic N) is 2. The van der Waals surface area contributed by atoms with Crippen molar-refractivity contribution in [3.63, 3.8) is 0 Å². The van der Waals surface area contributed by atoms with Gasteiger partial charge in [0.2, 0.25) is 5.95 Å². The predicted octanol–water partition coefficient (Wildman–Crippen LogP) is 2.76. The lowest BCUT2D eigenvalue weighted by atomic mass is 10.2. The van der Waals surface area contributed by atoms with Gasteiger partial charge in [-0.1, -0.05) is 23.8 Å². The molecule has 0 atom stereocenters. The van der Waals surface area contributed by atoms with E-state index in [4.69, 9.17) is 4.18 Å². The zero-order valence-corrected chi connectivity index (χ0v) is 13.9. The van der Waals surface area contributed by atoms with Crippen LogP contribution in [0.15, 0.2) is 47.4 Å². The third-order valence-electron chi connectivity index (χ3n) is 3.32. The van der Waals surface area contributed by atoms with Crippen LogP contribution >= 0.6 is 0 Å². The van der Waals surface area contributed by atoms with Crippen LogP contribution in [0.3, 0.4) is 0 Å². The molecule has 0 aliphatic carbocycles. The van der Waals surface area contributed by atoms with Crippen molar-refractivity contribution >= 4 is 15.9 Å². The number of rotatable bonds is 7. The van der Waals surface area contributed by atoms with E-state index < -0.39 is 16.1 Å².